The van der Waals surface area contributed by atoms with Crippen LogP contribution in [-0.4, -0.2) is 0 Å². The zero-order valence-electron chi connectivity index (χ0n) is 10.6. The minimum atomic E-state index is -0.303. The van der Waals surface area contributed by atoms with Crippen molar-refractivity contribution >= 4 is 11.6 Å². The molecule has 90 valence electrons. The third-order valence-corrected chi connectivity index (χ3v) is 4.24. The smallest absolute Gasteiger partial charge is 0.0828 e. The summed E-state index contributed by atoms with van der Waals surface area (Å²) < 4.78 is 0. The third kappa shape index (κ3) is 2.19. The van der Waals surface area contributed by atoms with Crippen molar-refractivity contribution in [3.8, 4) is 6.07 Å². The van der Waals surface area contributed by atoms with Gasteiger partial charge in [0.15, 0.2) is 0 Å². The summed E-state index contributed by atoms with van der Waals surface area (Å²) in [6, 6.07) is 10.2. The molecule has 1 nitrogen and oxygen atoms in total. The fraction of sp³-hybridized carbons (Fsp3) is 0.533. The molecule has 0 atom stereocenters. The van der Waals surface area contributed by atoms with E-state index in [2.05, 4.69) is 26.8 Å². The highest BCUT2D eigenvalue weighted by Gasteiger charge is 2.49. The molecular formula is C15H18ClN. The molecule has 0 bridgehead atoms. The Kier molecular flexibility index (Phi) is 2.96. The zero-order chi connectivity index (χ0) is 12.7. The molecule has 1 aromatic carbocycles. The van der Waals surface area contributed by atoms with Crippen molar-refractivity contribution in [1.29, 1.82) is 5.26 Å². The van der Waals surface area contributed by atoms with Crippen molar-refractivity contribution in [2.24, 2.45) is 11.3 Å². The predicted molar refractivity (Wildman–Crippen MR) is 70.9 cm³/mol. The van der Waals surface area contributed by atoms with Crippen molar-refractivity contribution in [2.75, 3.05) is 0 Å². The summed E-state index contributed by atoms with van der Waals surface area (Å²) in [6.45, 7) is 6.74. The lowest BCUT2D eigenvalue weighted by Gasteiger charge is -2.49. The summed E-state index contributed by atoms with van der Waals surface area (Å²) in [7, 11) is 0. The topological polar surface area (TPSA) is 23.8 Å². The minimum absolute atomic E-state index is 0.291. The van der Waals surface area contributed by atoms with Crippen LogP contribution in [0.5, 0.6) is 0 Å². The fourth-order valence-electron chi connectivity index (χ4n) is 2.57. The zero-order valence-corrected chi connectivity index (χ0v) is 11.4. The molecule has 0 unspecified atom stereocenters. The number of benzene rings is 1. The Morgan fingerprint density at radius 3 is 2.47 bits per heavy atom. The lowest BCUT2D eigenvalue weighted by atomic mass is 9.53. The molecular weight excluding hydrogens is 230 g/mol. The second-order valence-corrected chi connectivity index (χ2v) is 6.61. The highest BCUT2D eigenvalue weighted by Crippen LogP contribution is 2.54. The van der Waals surface area contributed by atoms with Crippen LogP contribution in [0.1, 0.15) is 39.2 Å². The highest BCUT2D eigenvalue weighted by atomic mass is 35.5. The van der Waals surface area contributed by atoms with Crippen LogP contribution in [0.4, 0.5) is 0 Å². The van der Waals surface area contributed by atoms with Gasteiger partial charge in [-0.3, -0.25) is 0 Å². The maximum absolute atomic E-state index is 9.47. The molecule has 0 radical (unpaired) electrons. The predicted octanol–water partition coefficient (Wildman–Crippen LogP) is 4.56. The number of nitrogens with zero attached hydrogens (tertiary/aromatic N) is 1. The SMILES string of the molecule is CC(C)(C)C1CC(C#N)(c2cccc(Cl)c2)C1. The normalized spacial score (nSPS) is 28.3. The van der Waals surface area contributed by atoms with Gasteiger partial charge in [-0.25, -0.2) is 0 Å². The Morgan fingerprint density at radius 2 is 2.00 bits per heavy atom. The van der Waals surface area contributed by atoms with Gasteiger partial charge in [0.05, 0.1) is 11.5 Å². The summed E-state index contributed by atoms with van der Waals surface area (Å²) in [4.78, 5) is 0. The van der Waals surface area contributed by atoms with Gasteiger partial charge < -0.3 is 0 Å². The van der Waals surface area contributed by atoms with Crippen molar-refractivity contribution in [2.45, 2.75) is 39.0 Å². The van der Waals surface area contributed by atoms with Crippen LogP contribution in [-0.2, 0) is 5.41 Å². The van der Waals surface area contributed by atoms with Crippen molar-refractivity contribution in [1.82, 2.24) is 0 Å². The van der Waals surface area contributed by atoms with E-state index in [1.54, 1.807) is 0 Å². The Bertz CT molecular complexity index is 459. The minimum Gasteiger partial charge on any atom is -0.197 e. The van der Waals surface area contributed by atoms with Gasteiger partial charge in [-0.15, -0.1) is 0 Å². The van der Waals surface area contributed by atoms with E-state index in [0.717, 1.165) is 23.4 Å². The molecule has 0 aliphatic heterocycles. The Balaban J connectivity index is 2.24. The molecule has 1 aliphatic carbocycles. The molecule has 0 saturated heterocycles. The first kappa shape index (κ1) is 12.5. The van der Waals surface area contributed by atoms with Crippen LogP contribution in [0.25, 0.3) is 0 Å². The van der Waals surface area contributed by atoms with E-state index in [1.165, 1.54) is 0 Å². The summed E-state index contributed by atoms with van der Waals surface area (Å²) in [6.07, 6.45) is 1.90. The summed E-state index contributed by atoms with van der Waals surface area (Å²) in [5.74, 6) is 0.626. The van der Waals surface area contributed by atoms with Crippen LogP contribution in [0.3, 0.4) is 0 Å². The molecule has 0 heterocycles. The number of nitriles is 1. The standard InChI is InChI=1S/C15H18ClN/c1-14(2,3)12-8-15(9-12,10-17)11-5-4-6-13(16)7-11/h4-7,12H,8-9H2,1-3H3. The van der Waals surface area contributed by atoms with E-state index < -0.39 is 0 Å². The molecule has 0 spiro atoms. The average molecular weight is 248 g/mol. The molecule has 1 aromatic rings. The van der Waals surface area contributed by atoms with E-state index >= 15 is 0 Å². The summed E-state index contributed by atoms with van der Waals surface area (Å²) in [5.41, 5.74) is 1.06. The Hall–Kier alpha value is -1.00. The van der Waals surface area contributed by atoms with E-state index in [-0.39, 0.29) is 5.41 Å². The first-order chi connectivity index (χ1) is 7.87. The summed E-state index contributed by atoms with van der Waals surface area (Å²) >= 11 is 6.01. The molecule has 0 amide bonds. The van der Waals surface area contributed by atoms with Crippen LogP contribution < -0.4 is 0 Å². The van der Waals surface area contributed by atoms with Crippen LogP contribution in [0, 0.1) is 22.7 Å². The van der Waals surface area contributed by atoms with Crippen LogP contribution in [0.15, 0.2) is 24.3 Å². The molecule has 0 aromatic heterocycles. The largest absolute Gasteiger partial charge is 0.197 e. The number of hydrogen-bond acceptors (Lipinski definition) is 1. The second-order valence-electron chi connectivity index (χ2n) is 6.18. The van der Waals surface area contributed by atoms with Gasteiger partial charge in [0.25, 0.3) is 0 Å². The van der Waals surface area contributed by atoms with E-state index in [0.29, 0.717) is 11.3 Å². The fourth-order valence-corrected chi connectivity index (χ4v) is 2.76. The Labute approximate surface area is 108 Å². The quantitative estimate of drug-likeness (QED) is 0.714. The number of halogens is 1. The summed E-state index contributed by atoms with van der Waals surface area (Å²) in [5, 5.41) is 10.2. The van der Waals surface area contributed by atoms with E-state index in [9.17, 15) is 5.26 Å². The lowest BCUT2D eigenvalue weighted by molar-refractivity contribution is 0.0783. The average Bonchev–Trinajstić information content (AvgIpc) is 2.15. The van der Waals surface area contributed by atoms with Gasteiger partial charge in [0.2, 0.25) is 0 Å². The van der Waals surface area contributed by atoms with E-state index in [4.69, 9.17) is 11.6 Å². The first-order valence-electron chi connectivity index (χ1n) is 6.05. The van der Waals surface area contributed by atoms with Gasteiger partial charge in [-0.05, 0) is 41.9 Å². The van der Waals surface area contributed by atoms with Gasteiger partial charge in [0, 0.05) is 5.02 Å². The number of hydrogen-bond donors (Lipinski definition) is 0. The van der Waals surface area contributed by atoms with Crippen LogP contribution in [0.2, 0.25) is 5.02 Å². The van der Waals surface area contributed by atoms with Gasteiger partial charge >= 0.3 is 0 Å². The van der Waals surface area contributed by atoms with Crippen molar-refractivity contribution < 1.29 is 0 Å². The molecule has 2 heteroatoms. The van der Waals surface area contributed by atoms with Gasteiger partial charge in [-0.1, -0.05) is 44.5 Å². The van der Waals surface area contributed by atoms with Crippen molar-refractivity contribution in [3.63, 3.8) is 0 Å². The maximum atomic E-state index is 9.47. The highest BCUT2D eigenvalue weighted by molar-refractivity contribution is 6.30. The first-order valence-corrected chi connectivity index (χ1v) is 6.42. The number of rotatable bonds is 1. The molecule has 1 fully saturated rings. The second kappa shape index (κ2) is 4.03. The van der Waals surface area contributed by atoms with Gasteiger partial charge in [-0.2, -0.15) is 5.26 Å². The molecule has 17 heavy (non-hydrogen) atoms. The molecule has 2 rings (SSSR count). The van der Waals surface area contributed by atoms with E-state index in [1.807, 2.05) is 24.3 Å². The molecule has 1 aliphatic rings. The Morgan fingerprint density at radius 1 is 1.35 bits per heavy atom. The third-order valence-electron chi connectivity index (χ3n) is 4.01. The monoisotopic (exact) mass is 247 g/mol. The molecule has 0 N–H and O–H groups in total. The lowest BCUT2D eigenvalue weighted by Crippen LogP contribution is -2.45. The van der Waals surface area contributed by atoms with Crippen molar-refractivity contribution in [3.05, 3.63) is 34.9 Å². The maximum Gasteiger partial charge on any atom is 0.0828 e. The van der Waals surface area contributed by atoms with Crippen LogP contribution >= 0.6 is 11.6 Å². The molecule has 1 saturated carbocycles. The van der Waals surface area contributed by atoms with Gasteiger partial charge in [0.1, 0.15) is 0 Å².